The number of H-pyrrole nitrogens is 1. The van der Waals surface area contributed by atoms with Crippen LogP contribution in [0.5, 0.6) is 0 Å². The fraction of sp³-hybridized carbons (Fsp3) is 0.267. The minimum absolute atomic E-state index is 0.0136. The van der Waals surface area contributed by atoms with Crippen LogP contribution in [0.3, 0.4) is 0 Å². The molecule has 19 heavy (non-hydrogen) atoms. The average molecular weight is 255 g/mol. The molecule has 0 amide bonds. The smallest absolute Gasteiger partial charge is 0.153 e. The molecule has 3 aromatic rings. The summed E-state index contributed by atoms with van der Waals surface area (Å²) >= 11 is 0. The van der Waals surface area contributed by atoms with E-state index in [2.05, 4.69) is 36.3 Å². The van der Waals surface area contributed by atoms with Gasteiger partial charge in [0.15, 0.2) is 5.76 Å². The fourth-order valence-electron chi connectivity index (χ4n) is 2.01. The Morgan fingerprint density at radius 1 is 1.16 bits per heavy atom. The topological polar surface area (TPSA) is 53.9 Å². The Labute approximate surface area is 111 Å². The van der Waals surface area contributed by atoms with Crippen LogP contribution in [0.15, 0.2) is 40.8 Å². The highest BCUT2D eigenvalue weighted by atomic mass is 16.3. The Morgan fingerprint density at radius 3 is 2.68 bits per heavy atom. The molecule has 0 unspecified atom stereocenters. The molecule has 0 aliphatic rings. The molecule has 1 aromatic carbocycles. The molecule has 0 spiro atoms. The maximum atomic E-state index is 5.80. The number of furan rings is 1. The predicted octanol–water partition coefficient (Wildman–Crippen LogP) is 4.03. The second-order valence-corrected chi connectivity index (χ2v) is 5.69. The zero-order chi connectivity index (χ0) is 13.5. The van der Waals surface area contributed by atoms with Crippen LogP contribution in [0.25, 0.3) is 22.4 Å². The lowest BCUT2D eigenvalue weighted by Crippen LogP contribution is -2.26. The highest BCUT2D eigenvalue weighted by molar-refractivity contribution is 5.82. The zero-order valence-electron chi connectivity index (χ0n) is 11.3. The van der Waals surface area contributed by atoms with Gasteiger partial charge < -0.3 is 9.73 Å². The Morgan fingerprint density at radius 2 is 1.95 bits per heavy atom. The molecular formula is C15H17N3O. The molecule has 0 atom stereocenters. The van der Waals surface area contributed by atoms with Gasteiger partial charge in [-0.3, -0.25) is 5.10 Å². The largest absolute Gasteiger partial charge is 0.454 e. The average Bonchev–Trinajstić information content (AvgIpc) is 2.91. The molecule has 2 heterocycles. The minimum Gasteiger partial charge on any atom is -0.454 e. The number of rotatable bonds is 2. The number of aromatic amines is 1. The van der Waals surface area contributed by atoms with E-state index in [1.807, 2.05) is 36.4 Å². The van der Waals surface area contributed by atoms with Gasteiger partial charge in [0, 0.05) is 17.0 Å². The minimum atomic E-state index is -0.0136. The van der Waals surface area contributed by atoms with Crippen LogP contribution in [0.1, 0.15) is 20.8 Å². The molecule has 4 nitrogen and oxygen atoms in total. The van der Waals surface area contributed by atoms with Gasteiger partial charge in [-0.25, -0.2) is 0 Å². The second-order valence-electron chi connectivity index (χ2n) is 5.69. The molecule has 0 radical (unpaired) electrons. The first-order valence-electron chi connectivity index (χ1n) is 6.34. The van der Waals surface area contributed by atoms with Crippen LogP contribution in [0, 0.1) is 0 Å². The molecule has 4 heteroatoms. The molecule has 2 N–H and O–H groups in total. The van der Waals surface area contributed by atoms with Gasteiger partial charge in [0.1, 0.15) is 17.1 Å². The summed E-state index contributed by atoms with van der Waals surface area (Å²) in [4.78, 5) is 0. The van der Waals surface area contributed by atoms with E-state index in [-0.39, 0.29) is 5.54 Å². The molecule has 0 fully saturated rings. The van der Waals surface area contributed by atoms with Gasteiger partial charge >= 0.3 is 0 Å². The van der Waals surface area contributed by atoms with Crippen molar-refractivity contribution in [3.05, 3.63) is 36.4 Å². The number of para-hydroxylation sites is 1. The zero-order valence-corrected chi connectivity index (χ0v) is 11.3. The molecule has 3 rings (SSSR count). The maximum absolute atomic E-state index is 5.80. The SMILES string of the molecule is CC(C)(C)Nc1cc(-c2cc3ccccc3o2)[nH]n1. The molecule has 0 saturated carbocycles. The van der Waals surface area contributed by atoms with Crippen LogP contribution in [0.4, 0.5) is 5.82 Å². The summed E-state index contributed by atoms with van der Waals surface area (Å²) in [6.07, 6.45) is 0. The maximum Gasteiger partial charge on any atom is 0.153 e. The van der Waals surface area contributed by atoms with Crippen molar-refractivity contribution in [1.82, 2.24) is 10.2 Å². The monoisotopic (exact) mass is 255 g/mol. The van der Waals surface area contributed by atoms with E-state index in [1.54, 1.807) is 0 Å². The van der Waals surface area contributed by atoms with Gasteiger partial charge in [-0.1, -0.05) is 18.2 Å². The van der Waals surface area contributed by atoms with Gasteiger partial charge in [0.25, 0.3) is 0 Å². The highest BCUT2D eigenvalue weighted by Crippen LogP contribution is 2.28. The first-order chi connectivity index (χ1) is 9.01. The van der Waals surface area contributed by atoms with Crippen LogP contribution < -0.4 is 5.32 Å². The Balaban J connectivity index is 1.94. The first-order valence-corrected chi connectivity index (χ1v) is 6.34. The Bertz CT molecular complexity index is 670. The van der Waals surface area contributed by atoms with E-state index in [4.69, 9.17) is 4.42 Å². The van der Waals surface area contributed by atoms with Crippen molar-refractivity contribution in [3.8, 4) is 11.5 Å². The third-order valence-corrected chi connectivity index (χ3v) is 2.77. The van der Waals surface area contributed by atoms with Crippen molar-refractivity contribution in [2.24, 2.45) is 0 Å². The van der Waals surface area contributed by atoms with Crippen LogP contribution in [0.2, 0.25) is 0 Å². The molecular weight excluding hydrogens is 238 g/mol. The fourth-order valence-corrected chi connectivity index (χ4v) is 2.01. The number of aromatic nitrogens is 2. The lowest BCUT2D eigenvalue weighted by atomic mass is 10.1. The summed E-state index contributed by atoms with van der Waals surface area (Å²) in [6, 6.07) is 11.9. The van der Waals surface area contributed by atoms with Gasteiger partial charge in [-0.2, -0.15) is 5.10 Å². The third-order valence-electron chi connectivity index (χ3n) is 2.77. The number of benzene rings is 1. The normalized spacial score (nSPS) is 11.9. The van der Waals surface area contributed by atoms with E-state index >= 15 is 0 Å². The molecule has 98 valence electrons. The first kappa shape index (κ1) is 11.8. The summed E-state index contributed by atoms with van der Waals surface area (Å²) in [7, 11) is 0. The van der Waals surface area contributed by atoms with Gasteiger partial charge in [-0.05, 0) is 32.9 Å². The van der Waals surface area contributed by atoms with Crippen LogP contribution >= 0.6 is 0 Å². The van der Waals surface area contributed by atoms with Crippen molar-refractivity contribution in [2.75, 3.05) is 5.32 Å². The van der Waals surface area contributed by atoms with Crippen molar-refractivity contribution in [3.63, 3.8) is 0 Å². The highest BCUT2D eigenvalue weighted by Gasteiger charge is 2.13. The molecule has 0 saturated heterocycles. The number of nitrogens with one attached hydrogen (secondary N) is 2. The van der Waals surface area contributed by atoms with E-state index in [1.165, 1.54) is 0 Å². The molecule has 2 aromatic heterocycles. The third kappa shape index (κ3) is 2.47. The van der Waals surface area contributed by atoms with Gasteiger partial charge in [0.2, 0.25) is 0 Å². The lowest BCUT2D eigenvalue weighted by Gasteiger charge is -2.19. The molecule has 0 aliphatic heterocycles. The second kappa shape index (κ2) is 4.16. The summed E-state index contributed by atoms with van der Waals surface area (Å²) in [5.74, 6) is 1.62. The summed E-state index contributed by atoms with van der Waals surface area (Å²) in [5, 5.41) is 11.7. The Kier molecular flexibility index (Phi) is 2.59. The van der Waals surface area contributed by atoms with Crippen molar-refractivity contribution < 1.29 is 4.42 Å². The predicted molar refractivity (Wildman–Crippen MR) is 77.2 cm³/mol. The van der Waals surface area contributed by atoms with Gasteiger partial charge in [-0.15, -0.1) is 0 Å². The molecule has 0 bridgehead atoms. The van der Waals surface area contributed by atoms with Crippen molar-refractivity contribution >= 4 is 16.8 Å². The summed E-state index contributed by atoms with van der Waals surface area (Å²) < 4.78 is 5.80. The van der Waals surface area contributed by atoms with Gasteiger partial charge in [0.05, 0.1) is 0 Å². The van der Waals surface area contributed by atoms with E-state index in [9.17, 15) is 0 Å². The summed E-state index contributed by atoms with van der Waals surface area (Å²) in [6.45, 7) is 6.30. The van der Waals surface area contributed by atoms with E-state index in [0.717, 1.165) is 28.2 Å². The number of hydrogen-bond acceptors (Lipinski definition) is 3. The number of anilines is 1. The standard InChI is InChI=1S/C15H17N3O/c1-15(2,3)16-14-9-11(17-18-14)13-8-10-6-4-5-7-12(10)19-13/h4-9H,1-3H3,(H2,16,17,18). The van der Waals surface area contributed by atoms with Crippen LogP contribution in [-0.4, -0.2) is 15.7 Å². The van der Waals surface area contributed by atoms with Crippen molar-refractivity contribution in [1.29, 1.82) is 0 Å². The molecule has 0 aliphatic carbocycles. The number of nitrogens with zero attached hydrogens (tertiary/aromatic N) is 1. The van der Waals surface area contributed by atoms with Crippen molar-refractivity contribution in [2.45, 2.75) is 26.3 Å². The van der Waals surface area contributed by atoms with Crippen LogP contribution in [-0.2, 0) is 0 Å². The Hall–Kier alpha value is -2.23. The van der Waals surface area contributed by atoms with E-state index in [0.29, 0.717) is 0 Å². The quantitative estimate of drug-likeness (QED) is 0.726. The number of fused-ring (bicyclic) bond motifs is 1. The van der Waals surface area contributed by atoms with E-state index < -0.39 is 0 Å². The number of hydrogen-bond donors (Lipinski definition) is 2. The lowest BCUT2D eigenvalue weighted by molar-refractivity contribution is 0.628. The summed E-state index contributed by atoms with van der Waals surface area (Å²) in [5.41, 5.74) is 1.75.